The Bertz CT molecular complexity index is 1770. The van der Waals surface area contributed by atoms with Crippen LogP contribution in [-0.2, 0) is 17.8 Å². The standard InChI is InChI=1S/C34H29ClFN3O3.C4H11N/c35-30-20-27(12-15-29(30)25-4-2-1-3-5-25)32-37-31(38-42-32)26-10-6-24(7-11-26)22-39-18-16-34(17-19-39,33(40)41)21-23-8-13-28(36)14-9-23;1-4(2,3)5/h1-15,20H,16-19,21-22H2,(H,40,41);5H2,1-3H3. The lowest BCUT2D eigenvalue weighted by atomic mass is 9.74. The molecule has 1 aromatic heterocycles. The van der Waals surface area contributed by atoms with Gasteiger partial charge in [0.2, 0.25) is 5.82 Å². The summed E-state index contributed by atoms with van der Waals surface area (Å²) >= 11 is 6.57. The fraction of sp³-hybridized carbons (Fsp3) is 0.289. The molecule has 9 heteroatoms. The first kappa shape index (κ1) is 34.0. The molecule has 1 aliphatic heterocycles. The maximum absolute atomic E-state index is 13.3. The third kappa shape index (κ3) is 9.13. The number of aromatic nitrogens is 2. The molecular weight excluding hydrogens is 615 g/mol. The number of piperidine rings is 1. The van der Waals surface area contributed by atoms with Crippen molar-refractivity contribution in [3.05, 3.63) is 119 Å². The van der Waals surface area contributed by atoms with E-state index in [1.54, 1.807) is 12.1 Å². The van der Waals surface area contributed by atoms with Crippen LogP contribution >= 0.6 is 11.6 Å². The number of benzene rings is 4. The Labute approximate surface area is 280 Å². The third-order valence-electron chi connectivity index (χ3n) is 8.07. The van der Waals surface area contributed by atoms with Crippen LogP contribution < -0.4 is 5.73 Å². The number of carboxylic acids is 1. The molecule has 47 heavy (non-hydrogen) atoms. The summed E-state index contributed by atoms with van der Waals surface area (Å²) in [6, 6.07) is 29.8. The number of aliphatic carboxylic acids is 1. The SMILES string of the molecule is CC(C)(C)N.O=C(O)C1(Cc2ccc(F)cc2)CCN(Cc2ccc(-c3noc(-c4ccc(-c5ccccc5)c(Cl)c4)n3)cc2)CC1. The van der Waals surface area contributed by atoms with Crippen LogP contribution in [0, 0.1) is 11.2 Å². The van der Waals surface area contributed by atoms with Gasteiger partial charge in [0.25, 0.3) is 5.89 Å². The van der Waals surface area contributed by atoms with Crippen molar-refractivity contribution in [1.29, 1.82) is 0 Å². The van der Waals surface area contributed by atoms with Crippen molar-refractivity contribution >= 4 is 17.6 Å². The van der Waals surface area contributed by atoms with Crippen LogP contribution in [0.25, 0.3) is 34.0 Å². The Morgan fingerprint density at radius 3 is 2.11 bits per heavy atom. The number of carbonyl (C=O) groups is 1. The number of hydrogen-bond donors (Lipinski definition) is 2. The minimum Gasteiger partial charge on any atom is -0.481 e. The molecular formula is C38H40ClFN4O3. The first-order chi connectivity index (χ1) is 22.4. The van der Waals surface area contributed by atoms with Gasteiger partial charge >= 0.3 is 5.97 Å². The van der Waals surface area contributed by atoms with Gasteiger partial charge in [0.1, 0.15) is 5.82 Å². The quantitative estimate of drug-likeness (QED) is 0.173. The topological polar surface area (TPSA) is 105 Å². The van der Waals surface area contributed by atoms with Crippen molar-refractivity contribution in [3.63, 3.8) is 0 Å². The Kier molecular flexibility index (Phi) is 10.5. The van der Waals surface area contributed by atoms with Crippen molar-refractivity contribution in [2.75, 3.05) is 13.1 Å². The zero-order chi connectivity index (χ0) is 33.6. The highest BCUT2D eigenvalue weighted by molar-refractivity contribution is 6.33. The van der Waals surface area contributed by atoms with Crippen LogP contribution in [0.1, 0.15) is 44.7 Å². The molecule has 0 saturated carbocycles. The van der Waals surface area contributed by atoms with Gasteiger partial charge in [-0.25, -0.2) is 4.39 Å². The summed E-state index contributed by atoms with van der Waals surface area (Å²) in [6.45, 7) is 7.97. The van der Waals surface area contributed by atoms with E-state index in [0.29, 0.717) is 49.1 Å². The second-order valence-electron chi connectivity index (χ2n) is 13.2. The number of likely N-dealkylation sites (tertiary alicyclic amines) is 1. The molecule has 1 aliphatic rings. The average molecular weight is 655 g/mol. The molecule has 244 valence electrons. The van der Waals surface area contributed by atoms with Crippen LogP contribution in [0.3, 0.4) is 0 Å². The third-order valence-corrected chi connectivity index (χ3v) is 8.38. The lowest BCUT2D eigenvalue weighted by molar-refractivity contribution is -0.152. The number of nitrogens with zero attached hydrogens (tertiary/aromatic N) is 3. The lowest BCUT2D eigenvalue weighted by Crippen LogP contribution is -2.45. The second-order valence-corrected chi connectivity index (χ2v) is 13.6. The number of nitrogens with two attached hydrogens (primary N) is 1. The predicted molar refractivity (Wildman–Crippen MR) is 184 cm³/mol. The maximum atomic E-state index is 13.3. The van der Waals surface area contributed by atoms with Crippen molar-refractivity contribution in [3.8, 4) is 34.0 Å². The molecule has 7 nitrogen and oxygen atoms in total. The molecule has 5 aromatic rings. The van der Waals surface area contributed by atoms with Gasteiger partial charge < -0.3 is 15.4 Å². The van der Waals surface area contributed by atoms with Crippen LogP contribution in [0.2, 0.25) is 5.02 Å². The Hall–Kier alpha value is -4.37. The monoisotopic (exact) mass is 654 g/mol. The van der Waals surface area contributed by atoms with Crippen LogP contribution in [0.15, 0.2) is 102 Å². The van der Waals surface area contributed by atoms with E-state index in [2.05, 4.69) is 15.0 Å². The molecule has 0 spiro atoms. The molecule has 0 atom stereocenters. The molecule has 1 saturated heterocycles. The van der Waals surface area contributed by atoms with Crippen LogP contribution in [-0.4, -0.2) is 44.7 Å². The van der Waals surface area contributed by atoms with E-state index in [0.717, 1.165) is 39.9 Å². The zero-order valence-electron chi connectivity index (χ0n) is 26.9. The summed E-state index contributed by atoms with van der Waals surface area (Å²) in [5, 5.41) is 14.8. The Morgan fingerprint density at radius 1 is 0.915 bits per heavy atom. The van der Waals surface area contributed by atoms with Gasteiger partial charge in [-0.05, 0) is 94.1 Å². The molecule has 0 bridgehead atoms. The predicted octanol–water partition coefficient (Wildman–Crippen LogP) is 8.52. The highest BCUT2D eigenvalue weighted by Gasteiger charge is 2.41. The first-order valence-electron chi connectivity index (χ1n) is 15.7. The lowest BCUT2D eigenvalue weighted by Gasteiger charge is -2.39. The van der Waals surface area contributed by atoms with Gasteiger partial charge in [-0.3, -0.25) is 9.69 Å². The van der Waals surface area contributed by atoms with Gasteiger partial charge in [-0.2, -0.15) is 4.98 Å². The minimum absolute atomic E-state index is 0. The molecule has 0 unspecified atom stereocenters. The van der Waals surface area contributed by atoms with E-state index in [1.165, 1.54) is 12.1 Å². The van der Waals surface area contributed by atoms with Gasteiger partial charge in [0, 0.05) is 33.8 Å². The zero-order valence-corrected chi connectivity index (χ0v) is 27.7. The fourth-order valence-corrected chi connectivity index (χ4v) is 5.86. The van der Waals surface area contributed by atoms with Gasteiger partial charge in [0.15, 0.2) is 0 Å². The summed E-state index contributed by atoms with van der Waals surface area (Å²) in [5.74, 6) is -0.219. The summed E-state index contributed by atoms with van der Waals surface area (Å²) in [7, 11) is 0. The summed E-state index contributed by atoms with van der Waals surface area (Å²) < 4.78 is 18.9. The van der Waals surface area contributed by atoms with E-state index in [-0.39, 0.29) is 11.4 Å². The van der Waals surface area contributed by atoms with Crippen molar-refractivity contribution in [2.24, 2.45) is 11.1 Å². The van der Waals surface area contributed by atoms with Crippen LogP contribution in [0.5, 0.6) is 0 Å². The van der Waals surface area contributed by atoms with Gasteiger partial charge in [-0.15, -0.1) is 0 Å². The molecule has 2 heterocycles. The molecule has 0 aliphatic carbocycles. The summed E-state index contributed by atoms with van der Waals surface area (Å²) in [5.41, 5.74) is 10.0. The number of hydrogen-bond acceptors (Lipinski definition) is 6. The summed E-state index contributed by atoms with van der Waals surface area (Å²) in [6.07, 6.45) is 1.49. The fourth-order valence-electron chi connectivity index (χ4n) is 5.57. The number of halogens is 2. The molecule has 4 aromatic carbocycles. The van der Waals surface area contributed by atoms with Crippen molar-refractivity contribution in [2.45, 2.75) is 52.1 Å². The van der Waals surface area contributed by atoms with E-state index in [1.807, 2.05) is 93.6 Å². The average Bonchev–Trinajstić information content (AvgIpc) is 3.54. The Balaban J connectivity index is 0.000000807. The van der Waals surface area contributed by atoms with Crippen molar-refractivity contribution in [1.82, 2.24) is 15.0 Å². The molecule has 6 rings (SSSR count). The molecule has 1 fully saturated rings. The Morgan fingerprint density at radius 2 is 1.51 bits per heavy atom. The van der Waals surface area contributed by atoms with E-state index in [4.69, 9.17) is 21.9 Å². The molecule has 3 N–H and O–H groups in total. The van der Waals surface area contributed by atoms with Crippen LogP contribution in [0.4, 0.5) is 4.39 Å². The van der Waals surface area contributed by atoms with Gasteiger partial charge in [-0.1, -0.05) is 89.6 Å². The van der Waals surface area contributed by atoms with E-state index >= 15 is 0 Å². The second kappa shape index (κ2) is 14.6. The first-order valence-corrected chi connectivity index (χ1v) is 16.0. The maximum Gasteiger partial charge on any atom is 0.310 e. The van der Waals surface area contributed by atoms with Gasteiger partial charge in [0.05, 0.1) is 5.41 Å². The number of carboxylic acid groups (broad SMARTS) is 1. The largest absolute Gasteiger partial charge is 0.481 e. The van der Waals surface area contributed by atoms with E-state index in [9.17, 15) is 14.3 Å². The molecule has 0 radical (unpaired) electrons. The number of rotatable bonds is 8. The van der Waals surface area contributed by atoms with E-state index < -0.39 is 11.4 Å². The minimum atomic E-state index is -0.833. The highest BCUT2D eigenvalue weighted by atomic mass is 35.5. The van der Waals surface area contributed by atoms with Crippen molar-refractivity contribution < 1.29 is 18.8 Å². The molecule has 0 amide bonds. The summed E-state index contributed by atoms with van der Waals surface area (Å²) in [4.78, 5) is 19.1. The smallest absolute Gasteiger partial charge is 0.310 e. The normalized spacial score (nSPS) is 14.7. The highest BCUT2D eigenvalue weighted by Crippen LogP contribution is 2.36.